The molecule has 4 rings (SSSR count). The summed E-state index contributed by atoms with van der Waals surface area (Å²) in [5.74, 6) is 0.184. The molecular weight excluding hydrogens is 519 g/mol. The first-order valence-electron chi connectivity index (χ1n) is 10.8. The zero-order chi connectivity index (χ0) is 22.7. The van der Waals surface area contributed by atoms with E-state index in [1.807, 2.05) is 19.1 Å². The standard InChI is InChI=1S/C23H27IN6O2/c1-14-9-16(6-8-26-14)22(32)29-23-28-20-11-18(27-15(2)31)10-17(12-24)21(20)30(23)19-5-3-4-7-25-13-19/h6,8-11,19,25H,3-5,7,12-13H2,1-2H3,(H,27,31)(H,28,29,32). The molecule has 1 atom stereocenters. The summed E-state index contributed by atoms with van der Waals surface area (Å²) in [6.07, 6.45) is 4.88. The number of alkyl halides is 1. The van der Waals surface area contributed by atoms with Crippen LogP contribution in [0.15, 0.2) is 30.5 Å². The Morgan fingerprint density at radius 2 is 2.09 bits per heavy atom. The van der Waals surface area contributed by atoms with Crippen LogP contribution in [0.2, 0.25) is 0 Å². The van der Waals surface area contributed by atoms with E-state index in [1.54, 1.807) is 18.3 Å². The first-order chi connectivity index (χ1) is 15.5. The Hall–Kier alpha value is -2.53. The molecule has 0 spiro atoms. The molecule has 1 aromatic carbocycles. The molecule has 0 bridgehead atoms. The van der Waals surface area contributed by atoms with E-state index >= 15 is 0 Å². The summed E-state index contributed by atoms with van der Waals surface area (Å²) in [6.45, 7) is 5.16. The number of hydrogen-bond donors (Lipinski definition) is 3. The number of hydrogen-bond acceptors (Lipinski definition) is 5. The van der Waals surface area contributed by atoms with Gasteiger partial charge in [-0.05, 0) is 56.1 Å². The Balaban J connectivity index is 1.82. The lowest BCUT2D eigenvalue weighted by molar-refractivity contribution is -0.114. The molecule has 32 heavy (non-hydrogen) atoms. The SMILES string of the molecule is CC(=O)Nc1cc(CI)c2c(c1)nc(NC(=O)c1ccnc(C)c1)n2C1CCCCNC1. The van der Waals surface area contributed by atoms with Crippen molar-refractivity contribution in [3.63, 3.8) is 0 Å². The molecule has 3 N–H and O–H groups in total. The van der Waals surface area contributed by atoms with Crippen molar-refractivity contribution in [1.29, 1.82) is 0 Å². The Morgan fingerprint density at radius 1 is 1.25 bits per heavy atom. The van der Waals surface area contributed by atoms with Crippen molar-refractivity contribution >= 4 is 57.1 Å². The molecule has 0 aliphatic carbocycles. The lowest BCUT2D eigenvalue weighted by atomic mass is 10.1. The van der Waals surface area contributed by atoms with E-state index in [4.69, 9.17) is 4.98 Å². The van der Waals surface area contributed by atoms with Crippen molar-refractivity contribution in [2.75, 3.05) is 23.7 Å². The van der Waals surface area contributed by atoms with Crippen molar-refractivity contribution in [2.45, 2.75) is 43.6 Å². The summed E-state index contributed by atoms with van der Waals surface area (Å²) in [4.78, 5) is 33.7. The smallest absolute Gasteiger partial charge is 0.258 e. The molecule has 9 heteroatoms. The second kappa shape index (κ2) is 9.95. The van der Waals surface area contributed by atoms with Gasteiger partial charge in [-0.1, -0.05) is 29.0 Å². The van der Waals surface area contributed by atoms with E-state index in [1.165, 1.54) is 6.92 Å². The van der Waals surface area contributed by atoms with Crippen LogP contribution in [0.4, 0.5) is 11.6 Å². The largest absolute Gasteiger partial charge is 0.326 e. The van der Waals surface area contributed by atoms with Crippen molar-refractivity contribution in [1.82, 2.24) is 19.9 Å². The summed E-state index contributed by atoms with van der Waals surface area (Å²) in [5, 5.41) is 9.42. The molecule has 2 amide bonds. The number of benzene rings is 1. The minimum Gasteiger partial charge on any atom is -0.326 e. The van der Waals surface area contributed by atoms with Crippen LogP contribution in [-0.2, 0) is 9.22 Å². The van der Waals surface area contributed by atoms with E-state index in [0.717, 1.165) is 59.1 Å². The maximum absolute atomic E-state index is 13.0. The first kappa shape index (κ1) is 22.7. The van der Waals surface area contributed by atoms with E-state index in [-0.39, 0.29) is 17.9 Å². The Bertz CT molecular complexity index is 1150. The van der Waals surface area contributed by atoms with Crippen LogP contribution in [0.1, 0.15) is 53.8 Å². The van der Waals surface area contributed by atoms with Gasteiger partial charge in [-0.2, -0.15) is 0 Å². The van der Waals surface area contributed by atoms with Crippen molar-refractivity contribution in [3.05, 3.63) is 47.3 Å². The van der Waals surface area contributed by atoms with Crippen LogP contribution >= 0.6 is 22.6 Å². The number of rotatable bonds is 5. The molecule has 0 radical (unpaired) electrons. The number of aryl methyl sites for hydroxylation is 1. The van der Waals surface area contributed by atoms with Crippen molar-refractivity contribution < 1.29 is 9.59 Å². The second-order valence-electron chi connectivity index (χ2n) is 8.12. The molecule has 1 saturated heterocycles. The van der Waals surface area contributed by atoms with Gasteiger partial charge in [0.2, 0.25) is 11.9 Å². The van der Waals surface area contributed by atoms with Crippen molar-refractivity contribution in [3.8, 4) is 0 Å². The molecule has 3 heterocycles. The van der Waals surface area contributed by atoms with E-state index in [2.05, 4.69) is 48.1 Å². The van der Waals surface area contributed by atoms with Gasteiger partial charge in [0.15, 0.2) is 0 Å². The number of carbonyl (C=O) groups excluding carboxylic acids is 2. The topological polar surface area (TPSA) is 101 Å². The predicted octanol–water partition coefficient (Wildman–Crippen LogP) is 4.20. The number of nitrogens with zero attached hydrogens (tertiary/aromatic N) is 3. The molecule has 2 aromatic heterocycles. The Labute approximate surface area is 200 Å². The zero-order valence-electron chi connectivity index (χ0n) is 18.2. The minimum absolute atomic E-state index is 0.127. The summed E-state index contributed by atoms with van der Waals surface area (Å²) in [6, 6.07) is 7.51. The fourth-order valence-corrected chi connectivity index (χ4v) is 4.80. The van der Waals surface area contributed by atoms with Gasteiger partial charge < -0.3 is 15.2 Å². The number of amides is 2. The normalized spacial score (nSPS) is 16.5. The number of carbonyl (C=O) groups is 2. The highest BCUT2D eigenvalue weighted by Crippen LogP contribution is 2.34. The van der Waals surface area contributed by atoms with Gasteiger partial charge in [0.05, 0.1) is 11.0 Å². The number of fused-ring (bicyclic) bond motifs is 1. The molecule has 0 saturated carbocycles. The summed E-state index contributed by atoms with van der Waals surface area (Å²) in [5.41, 5.74) is 4.87. The van der Waals surface area contributed by atoms with Crippen LogP contribution in [0.5, 0.6) is 0 Å². The third kappa shape index (κ3) is 4.93. The van der Waals surface area contributed by atoms with Crippen LogP contribution in [0, 0.1) is 6.92 Å². The number of halogens is 1. The lowest BCUT2D eigenvalue weighted by Gasteiger charge is -2.21. The van der Waals surface area contributed by atoms with Gasteiger partial charge in [0, 0.05) is 47.1 Å². The van der Waals surface area contributed by atoms with Crippen molar-refractivity contribution in [2.24, 2.45) is 0 Å². The monoisotopic (exact) mass is 546 g/mol. The van der Waals surface area contributed by atoms with Gasteiger partial charge in [0.1, 0.15) is 0 Å². The van der Waals surface area contributed by atoms with Gasteiger partial charge in [-0.3, -0.25) is 19.9 Å². The van der Waals surface area contributed by atoms with Gasteiger partial charge in [0.25, 0.3) is 5.91 Å². The highest BCUT2D eigenvalue weighted by Gasteiger charge is 2.24. The molecular formula is C23H27IN6O2. The second-order valence-corrected chi connectivity index (χ2v) is 8.88. The predicted molar refractivity (Wildman–Crippen MR) is 134 cm³/mol. The molecule has 8 nitrogen and oxygen atoms in total. The highest BCUT2D eigenvalue weighted by atomic mass is 127. The van der Waals surface area contributed by atoms with E-state index < -0.39 is 0 Å². The third-order valence-corrected chi connectivity index (χ3v) is 6.42. The number of pyridine rings is 1. The molecule has 1 aliphatic heterocycles. The highest BCUT2D eigenvalue weighted by molar-refractivity contribution is 14.1. The maximum atomic E-state index is 13.0. The summed E-state index contributed by atoms with van der Waals surface area (Å²) in [7, 11) is 0. The van der Waals surface area contributed by atoms with E-state index in [0.29, 0.717) is 17.2 Å². The quantitative estimate of drug-likeness (QED) is 0.329. The van der Waals surface area contributed by atoms with Gasteiger partial charge in [-0.25, -0.2) is 4.98 Å². The fraction of sp³-hybridized carbons (Fsp3) is 0.391. The Morgan fingerprint density at radius 3 is 2.84 bits per heavy atom. The summed E-state index contributed by atoms with van der Waals surface area (Å²) >= 11 is 2.33. The van der Waals surface area contributed by atoms with Gasteiger partial charge in [-0.15, -0.1) is 0 Å². The number of nitrogens with one attached hydrogen (secondary N) is 3. The maximum Gasteiger partial charge on any atom is 0.258 e. The molecule has 1 aliphatic rings. The first-order valence-corrected chi connectivity index (χ1v) is 12.3. The average molecular weight is 546 g/mol. The summed E-state index contributed by atoms with van der Waals surface area (Å²) < 4.78 is 2.93. The van der Waals surface area contributed by atoms with Gasteiger partial charge >= 0.3 is 0 Å². The molecule has 1 unspecified atom stereocenters. The molecule has 1 fully saturated rings. The van der Waals surface area contributed by atoms with Crippen LogP contribution in [-0.4, -0.2) is 39.4 Å². The molecule has 168 valence electrons. The zero-order valence-corrected chi connectivity index (χ0v) is 20.4. The lowest BCUT2D eigenvalue weighted by Crippen LogP contribution is -2.26. The number of imidazole rings is 1. The van der Waals surface area contributed by atoms with Crippen LogP contribution in [0.3, 0.4) is 0 Å². The minimum atomic E-state index is -0.216. The Kier molecular flexibility index (Phi) is 7.04. The van der Waals surface area contributed by atoms with Crippen LogP contribution < -0.4 is 16.0 Å². The number of anilines is 2. The number of aromatic nitrogens is 3. The fourth-order valence-electron chi connectivity index (χ4n) is 4.22. The van der Waals surface area contributed by atoms with Crippen LogP contribution in [0.25, 0.3) is 11.0 Å². The third-order valence-electron chi connectivity index (χ3n) is 5.60. The molecule has 3 aromatic rings. The average Bonchev–Trinajstić information content (AvgIpc) is 2.92. The van der Waals surface area contributed by atoms with E-state index in [9.17, 15) is 9.59 Å².